The average molecular weight is 466 g/mol. The molecule has 3 rings (SSSR count). The first-order valence-electron chi connectivity index (χ1n) is 10.0. The zero-order chi connectivity index (χ0) is 24.0. The summed E-state index contributed by atoms with van der Waals surface area (Å²) in [6.07, 6.45) is -2.43. The van der Waals surface area contributed by atoms with Crippen molar-refractivity contribution in [1.29, 1.82) is 0 Å². The number of anilines is 2. The Bertz CT molecular complexity index is 1010. The Kier molecular flexibility index (Phi) is 7.36. The van der Waals surface area contributed by atoms with Gasteiger partial charge in [-0.1, -0.05) is 13.3 Å². The van der Waals surface area contributed by atoms with Crippen LogP contribution in [0, 0.1) is 0 Å². The van der Waals surface area contributed by atoms with Gasteiger partial charge in [-0.2, -0.15) is 0 Å². The smallest absolute Gasteiger partial charge is 0.449 e. The maximum atomic E-state index is 12.8. The summed E-state index contributed by atoms with van der Waals surface area (Å²) in [6.45, 7) is 2.09. The highest BCUT2D eigenvalue weighted by Crippen LogP contribution is 2.28. The number of hydrogen-bond donors (Lipinski definition) is 1. The van der Waals surface area contributed by atoms with Crippen molar-refractivity contribution < 1.29 is 37.0 Å². The molecule has 1 saturated heterocycles. The van der Waals surface area contributed by atoms with Gasteiger partial charge in [0.1, 0.15) is 18.1 Å². The molecule has 4 amide bonds. The topological polar surface area (TPSA) is 101 Å². The van der Waals surface area contributed by atoms with Crippen LogP contribution in [-0.4, -0.2) is 47.4 Å². The molecule has 176 valence electrons. The van der Waals surface area contributed by atoms with Gasteiger partial charge in [0.05, 0.1) is 12.3 Å². The van der Waals surface area contributed by atoms with Crippen LogP contribution in [0.2, 0.25) is 0 Å². The summed E-state index contributed by atoms with van der Waals surface area (Å²) in [5.41, 5.74) is 0.722. The molecule has 0 saturated carbocycles. The van der Waals surface area contributed by atoms with E-state index in [0.29, 0.717) is 5.56 Å². The molecule has 2 aromatic rings. The highest BCUT2D eigenvalue weighted by Gasteiger charge is 2.37. The molecule has 9 nitrogen and oxygen atoms in total. The van der Waals surface area contributed by atoms with Crippen LogP contribution < -0.4 is 15.0 Å². The summed E-state index contributed by atoms with van der Waals surface area (Å²) in [5, 5.41) is 2.50. The number of ether oxygens (including phenoxy) is 2. The second kappa shape index (κ2) is 10.2. The summed E-state index contributed by atoms with van der Waals surface area (Å²) in [5.74, 6) is -0.771. The van der Waals surface area contributed by atoms with Crippen molar-refractivity contribution in [2.45, 2.75) is 32.7 Å². The number of aromatic nitrogens is 1. The van der Waals surface area contributed by atoms with Crippen LogP contribution >= 0.6 is 0 Å². The van der Waals surface area contributed by atoms with Gasteiger partial charge in [0.15, 0.2) is 0 Å². The molecule has 0 atom stereocenters. The minimum Gasteiger partial charge on any atom is -0.449 e. The highest BCUT2D eigenvalue weighted by atomic mass is 19.4. The third-order valence-corrected chi connectivity index (χ3v) is 4.52. The van der Waals surface area contributed by atoms with Crippen LogP contribution in [0.3, 0.4) is 0 Å². The Balaban J connectivity index is 1.63. The second-order valence-corrected chi connectivity index (χ2v) is 7.07. The van der Waals surface area contributed by atoms with Crippen molar-refractivity contribution in [3.8, 4) is 5.75 Å². The van der Waals surface area contributed by atoms with Crippen molar-refractivity contribution in [1.82, 2.24) is 9.88 Å². The van der Waals surface area contributed by atoms with Crippen LogP contribution in [0.4, 0.5) is 34.3 Å². The number of pyridine rings is 1. The number of carbonyl (C=O) groups excluding carboxylic acids is 3. The number of imide groups is 1. The Labute approximate surface area is 187 Å². The van der Waals surface area contributed by atoms with E-state index in [9.17, 15) is 27.6 Å². The normalized spacial score (nSPS) is 13.9. The van der Waals surface area contributed by atoms with Crippen LogP contribution in [-0.2, 0) is 16.1 Å². The predicted molar refractivity (Wildman–Crippen MR) is 111 cm³/mol. The van der Waals surface area contributed by atoms with E-state index in [2.05, 4.69) is 15.0 Å². The zero-order valence-corrected chi connectivity index (χ0v) is 17.6. The predicted octanol–water partition coefficient (Wildman–Crippen LogP) is 4.30. The Morgan fingerprint density at radius 1 is 1.18 bits per heavy atom. The molecular weight excluding hydrogens is 445 g/mol. The quantitative estimate of drug-likeness (QED) is 0.460. The molecule has 0 radical (unpaired) electrons. The minimum absolute atomic E-state index is 0.0540. The van der Waals surface area contributed by atoms with Gasteiger partial charge in [-0.3, -0.25) is 10.1 Å². The van der Waals surface area contributed by atoms with E-state index >= 15 is 0 Å². The van der Waals surface area contributed by atoms with E-state index in [1.165, 1.54) is 23.2 Å². The van der Waals surface area contributed by atoms with Crippen molar-refractivity contribution >= 4 is 29.5 Å². The fourth-order valence-corrected chi connectivity index (χ4v) is 3.04. The number of alkyl halides is 3. The van der Waals surface area contributed by atoms with Gasteiger partial charge in [0, 0.05) is 12.7 Å². The van der Waals surface area contributed by atoms with Gasteiger partial charge in [-0.05, 0) is 48.4 Å². The lowest BCUT2D eigenvalue weighted by molar-refractivity contribution is -0.274. The molecule has 33 heavy (non-hydrogen) atoms. The first-order chi connectivity index (χ1) is 15.7. The fraction of sp³-hybridized carbons (Fsp3) is 0.333. The van der Waals surface area contributed by atoms with Crippen molar-refractivity contribution in [2.24, 2.45) is 0 Å². The molecule has 0 unspecified atom stereocenters. The van der Waals surface area contributed by atoms with Crippen LogP contribution in [0.5, 0.6) is 5.75 Å². The molecule has 1 aliphatic rings. The summed E-state index contributed by atoms with van der Waals surface area (Å²) < 4.78 is 45.7. The molecule has 1 aromatic heterocycles. The number of urea groups is 1. The van der Waals surface area contributed by atoms with Gasteiger partial charge < -0.3 is 14.4 Å². The van der Waals surface area contributed by atoms with E-state index < -0.39 is 30.1 Å². The number of nitrogens with one attached hydrogen (secondary N) is 1. The number of nitrogens with zero attached hydrogens (tertiary/aromatic N) is 3. The minimum atomic E-state index is -4.85. The fourth-order valence-electron chi connectivity index (χ4n) is 3.04. The maximum Gasteiger partial charge on any atom is 0.573 e. The highest BCUT2D eigenvalue weighted by molar-refractivity contribution is 6.19. The number of rotatable bonds is 8. The number of amides is 4. The van der Waals surface area contributed by atoms with Crippen molar-refractivity contribution in [2.75, 3.05) is 23.4 Å². The molecule has 12 heteroatoms. The molecule has 1 aliphatic heterocycles. The first kappa shape index (κ1) is 23.8. The Morgan fingerprint density at radius 3 is 2.58 bits per heavy atom. The van der Waals surface area contributed by atoms with Gasteiger partial charge in [0.25, 0.3) is 5.91 Å². The second-order valence-electron chi connectivity index (χ2n) is 7.07. The maximum absolute atomic E-state index is 12.8. The van der Waals surface area contributed by atoms with Crippen LogP contribution in [0.1, 0.15) is 25.3 Å². The summed E-state index contributed by atoms with van der Waals surface area (Å²) in [4.78, 5) is 43.1. The summed E-state index contributed by atoms with van der Waals surface area (Å²) in [7, 11) is 0. The van der Waals surface area contributed by atoms with E-state index in [-0.39, 0.29) is 31.2 Å². The van der Waals surface area contributed by atoms with Gasteiger partial charge in [0.2, 0.25) is 0 Å². The first-order valence-corrected chi connectivity index (χ1v) is 10.0. The number of unbranched alkanes of at least 4 members (excludes halogenated alkanes) is 1. The van der Waals surface area contributed by atoms with E-state index in [4.69, 9.17) is 4.74 Å². The standard InChI is InChI=1S/C21H21F3N4O5/c1-2-3-10-32-19(30)26-17-11-14(8-9-25-17)12-27-13-18(29)28(20(27)31)15-4-6-16(7-5-15)33-21(22,23)24/h4-9,11H,2-3,10,12-13H2,1H3,(H,25,26,30). The number of hydrogen-bond acceptors (Lipinski definition) is 6. The molecule has 1 N–H and O–H groups in total. The van der Waals surface area contributed by atoms with E-state index in [1.54, 1.807) is 12.1 Å². The number of carbonyl (C=O) groups is 3. The third kappa shape index (κ3) is 6.57. The van der Waals surface area contributed by atoms with E-state index in [0.717, 1.165) is 29.9 Å². The molecule has 0 bridgehead atoms. The molecule has 2 heterocycles. The third-order valence-electron chi connectivity index (χ3n) is 4.52. The van der Waals surface area contributed by atoms with Gasteiger partial charge in [-0.15, -0.1) is 13.2 Å². The largest absolute Gasteiger partial charge is 0.573 e. The summed E-state index contributed by atoms with van der Waals surface area (Å²) >= 11 is 0. The summed E-state index contributed by atoms with van der Waals surface area (Å²) in [6, 6.07) is 6.97. The molecule has 1 aromatic carbocycles. The van der Waals surface area contributed by atoms with Crippen molar-refractivity contribution in [3.63, 3.8) is 0 Å². The lowest BCUT2D eigenvalue weighted by Gasteiger charge is -2.18. The lowest BCUT2D eigenvalue weighted by Crippen LogP contribution is -2.32. The van der Waals surface area contributed by atoms with Crippen molar-refractivity contribution in [3.05, 3.63) is 48.2 Å². The van der Waals surface area contributed by atoms with Gasteiger partial charge in [-0.25, -0.2) is 19.5 Å². The number of benzene rings is 1. The molecule has 1 fully saturated rings. The Hall–Kier alpha value is -3.83. The van der Waals surface area contributed by atoms with Gasteiger partial charge >= 0.3 is 18.5 Å². The van der Waals surface area contributed by atoms with Crippen LogP contribution in [0.15, 0.2) is 42.6 Å². The average Bonchev–Trinajstić information content (AvgIpc) is 3.01. The molecule has 0 aliphatic carbocycles. The molecular formula is C21H21F3N4O5. The zero-order valence-electron chi connectivity index (χ0n) is 17.6. The van der Waals surface area contributed by atoms with Crippen LogP contribution in [0.25, 0.3) is 0 Å². The Morgan fingerprint density at radius 2 is 1.91 bits per heavy atom. The SMILES string of the molecule is CCCCOC(=O)Nc1cc(CN2CC(=O)N(c3ccc(OC(F)(F)F)cc3)C2=O)ccn1. The molecule has 0 spiro atoms. The monoisotopic (exact) mass is 466 g/mol. The lowest BCUT2D eigenvalue weighted by atomic mass is 10.2. The number of halogens is 3. The van der Waals surface area contributed by atoms with E-state index in [1.807, 2.05) is 6.92 Å².